The molecule has 0 aliphatic heterocycles. The minimum Gasteiger partial charge on any atom is -0.423 e. The van der Waals surface area contributed by atoms with E-state index in [1.54, 1.807) is 0 Å². The fraction of sp³-hybridized carbons (Fsp3) is 0.375. The van der Waals surface area contributed by atoms with Crippen molar-refractivity contribution in [2.75, 3.05) is 11.5 Å². The molecule has 0 bridgehead atoms. The van der Waals surface area contributed by atoms with Gasteiger partial charge in [0.25, 0.3) is 0 Å². The van der Waals surface area contributed by atoms with Crippen molar-refractivity contribution in [1.29, 1.82) is 0 Å². The molecule has 3 rings (SSSR count). The van der Waals surface area contributed by atoms with Gasteiger partial charge in [-0.25, -0.2) is 9.59 Å². The van der Waals surface area contributed by atoms with Crippen LogP contribution in [0, 0.1) is 0 Å². The highest BCUT2D eigenvalue weighted by atomic mass is 32.2. The van der Waals surface area contributed by atoms with E-state index in [2.05, 4.69) is 0 Å². The van der Waals surface area contributed by atoms with E-state index in [1.807, 2.05) is 0 Å². The summed E-state index contributed by atoms with van der Waals surface area (Å²) in [5, 5.41) is 0. The Morgan fingerprint density at radius 2 is 0.679 bits per heavy atom. The molecule has 0 saturated carbocycles. The first-order valence-electron chi connectivity index (χ1n) is 14.8. The Balaban J connectivity index is 1.50. The number of carbonyl (C=O) groups excluding carboxylic acids is 2. The van der Waals surface area contributed by atoms with E-state index < -0.39 is 84.2 Å². The summed E-state index contributed by atoms with van der Waals surface area (Å²) >= 11 is 0.788. The molecule has 0 radical (unpaired) electrons. The van der Waals surface area contributed by atoms with Crippen molar-refractivity contribution >= 4 is 35.5 Å². The van der Waals surface area contributed by atoms with Crippen molar-refractivity contribution in [1.82, 2.24) is 0 Å². The molecule has 0 atom stereocenters. The number of esters is 2. The third kappa shape index (κ3) is 9.94. The van der Waals surface area contributed by atoms with Crippen LogP contribution in [0.25, 0.3) is 0 Å². The maximum atomic E-state index is 13.7. The predicted molar refractivity (Wildman–Crippen MR) is 162 cm³/mol. The normalized spacial score (nSPS) is 13.8. The smallest absolute Gasteiger partial charge is 0.423 e. The molecule has 0 saturated heterocycles. The zero-order valence-corrected chi connectivity index (χ0v) is 28.6. The van der Waals surface area contributed by atoms with E-state index in [0.29, 0.717) is 23.5 Å². The van der Waals surface area contributed by atoms with Gasteiger partial charge in [0.05, 0.1) is 11.1 Å². The van der Waals surface area contributed by atoms with Gasteiger partial charge in [-0.05, 0) is 72.8 Å². The molecule has 0 heterocycles. The maximum Gasteiger partial charge on any atom is 0.460 e. The van der Waals surface area contributed by atoms with Crippen LogP contribution in [0.3, 0.4) is 0 Å². The van der Waals surface area contributed by atoms with E-state index in [0.717, 1.165) is 72.8 Å². The standard InChI is InChI=1S/C32H20F18O4S2/c33-25(34,27(37,38)29(41,42)31(45,46)47)13-15-55-21-9-5-19(6-10-21)53-23(51)17-1-2-18(4-3-17)24(52)54-20-7-11-22(12-8-20)56-16-14-26(35,36)28(39,40)30(43,44)32(48,49)50/h1-12H,13-16H2. The summed E-state index contributed by atoms with van der Waals surface area (Å²) in [5.41, 5.74) is -0.267. The molecule has 0 amide bonds. The van der Waals surface area contributed by atoms with Crippen LogP contribution in [0.2, 0.25) is 0 Å². The molecular weight excluding hydrogens is 854 g/mol. The van der Waals surface area contributed by atoms with E-state index >= 15 is 0 Å². The number of ether oxygens (including phenoxy) is 2. The minimum atomic E-state index is -7.00. The van der Waals surface area contributed by atoms with Crippen molar-refractivity contribution in [2.24, 2.45) is 0 Å². The Kier molecular flexibility index (Phi) is 13.7. The third-order valence-electron chi connectivity index (χ3n) is 7.21. The summed E-state index contributed by atoms with van der Waals surface area (Å²) in [5.74, 6) is -43.3. The predicted octanol–water partition coefficient (Wildman–Crippen LogP) is 12.0. The summed E-state index contributed by atoms with van der Waals surface area (Å²) in [6, 6.07) is 13.4. The lowest BCUT2D eigenvalue weighted by Gasteiger charge is -2.33. The van der Waals surface area contributed by atoms with Crippen LogP contribution in [0.15, 0.2) is 82.6 Å². The molecule has 4 nitrogen and oxygen atoms in total. The second-order valence-electron chi connectivity index (χ2n) is 11.2. The van der Waals surface area contributed by atoms with Crippen LogP contribution in [0.5, 0.6) is 11.5 Å². The summed E-state index contributed by atoms with van der Waals surface area (Å²) in [6.45, 7) is 0. The number of hydrogen-bond acceptors (Lipinski definition) is 6. The van der Waals surface area contributed by atoms with Gasteiger partial charge in [-0.15, -0.1) is 23.5 Å². The molecule has 0 aliphatic rings. The Hall–Kier alpha value is -3.96. The minimum absolute atomic E-state index is 0.0489. The molecule has 24 heteroatoms. The molecule has 3 aromatic rings. The van der Waals surface area contributed by atoms with Gasteiger partial charge >= 0.3 is 59.8 Å². The van der Waals surface area contributed by atoms with Crippen molar-refractivity contribution in [3.8, 4) is 11.5 Å². The number of halogens is 18. The number of hydrogen-bond donors (Lipinski definition) is 0. The number of benzene rings is 3. The Morgan fingerprint density at radius 1 is 0.411 bits per heavy atom. The number of rotatable bonds is 16. The van der Waals surface area contributed by atoms with Gasteiger partial charge in [-0.1, -0.05) is 0 Å². The number of carbonyl (C=O) groups is 2. The summed E-state index contributed by atoms with van der Waals surface area (Å²) in [6.07, 6.45) is -18.0. The zero-order chi connectivity index (χ0) is 42.8. The van der Waals surface area contributed by atoms with Gasteiger partial charge in [0.1, 0.15) is 11.5 Å². The van der Waals surface area contributed by atoms with Gasteiger partial charge < -0.3 is 9.47 Å². The first kappa shape index (κ1) is 46.4. The van der Waals surface area contributed by atoms with Gasteiger partial charge in [0, 0.05) is 34.1 Å². The van der Waals surface area contributed by atoms with Gasteiger partial charge in [-0.3, -0.25) is 0 Å². The maximum absolute atomic E-state index is 13.7. The first-order chi connectivity index (χ1) is 25.4. The molecule has 0 aromatic heterocycles. The highest BCUT2D eigenvalue weighted by molar-refractivity contribution is 7.99. The topological polar surface area (TPSA) is 52.6 Å². The average molecular weight is 875 g/mol. The molecule has 0 spiro atoms. The molecule has 0 aliphatic carbocycles. The second kappa shape index (κ2) is 16.5. The summed E-state index contributed by atoms with van der Waals surface area (Å²) in [7, 11) is 0. The lowest BCUT2D eigenvalue weighted by atomic mass is 10.0. The molecule has 0 fully saturated rings. The first-order valence-corrected chi connectivity index (χ1v) is 16.8. The SMILES string of the molecule is O=C(Oc1ccc(SCCC(F)(F)C(F)(F)C(F)(F)C(F)(F)F)cc1)c1ccc(C(=O)Oc2ccc(SCCC(F)(F)C(F)(F)C(F)(F)C(F)(F)F)cc2)cc1. The van der Waals surface area contributed by atoms with E-state index in [4.69, 9.17) is 9.47 Å². The summed E-state index contributed by atoms with van der Waals surface area (Å²) in [4.78, 5) is 25.1. The Bertz CT molecular complexity index is 1680. The highest BCUT2D eigenvalue weighted by Crippen LogP contribution is 2.55. The quantitative estimate of drug-likeness (QED) is 0.0618. The van der Waals surface area contributed by atoms with E-state index in [1.165, 1.54) is 0 Å². The fourth-order valence-electron chi connectivity index (χ4n) is 4.01. The van der Waals surface area contributed by atoms with E-state index in [-0.39, 0.29) is 32.4 Å². The molecule has 0 N–H and O–H groups in total. The molecule has 0 unspecified atom stereocenters. The van der Waals surface area contributed by atoms with Gasteiger partial charge in [0.2, 0.25) is 0 Å². The molecule has 3 aromatic carbocycles. The third-order valence-corrected chi connectivity index (χ3v) is 9.24. The van der Waals surface area contributed by atoms with Crippen LogP contribution >= 0.6 is 23.5 Å². The van der Waals surface area contributed by atoms with Crippen molar-refractivity contribution < 1.29 is 98.1 Å². The van der Waals surface area contributed by atoms with Crippen LogP contribution in [0.1, 0.15) is 33.6 Å². The van der Waals surface area contributed by atoms with Gasteiger partial charge in [-0.2, -0.15) is 79.0 Å². The average Bonchev–Trinajstić information content (AvgIpc) is 3.08. The lowest BCUT2D eigenvalue weighted by molar-refractivity contribution is -0.396. The Labute approximate surface area is 310 Å². The second-order valence-corrected chi connectivity index (χ2v) is 13.5. The lowest BCUT2D eigenvalue weighted by Crippen LogP contribution is -2.60. The molecular formula is C32H20F18O4S2. The van der Waals surface area contributed by atoms with Crippen molar-refractivity contribution in [2.45, 2.75) is 70.5 Å². The Morgan fingerprint density at radius 3 is 0.929 bits per heavy atom. The van der Waals surface area contributed by atoms with Crippen LogP contribution in [0.4, 0.5) is 79.0 Å². The van der Waals surface area contributed by atoms with Crippen molar-refractivity contribution in [3.63, 3.8) is 0 Å². The van der Waals surface area contributed by atoms with Crippen LogP contribution < -0.4 is 9.47 Å². The number of alkyl halides is 18. The zero-order valence-electron chi connectivity index (χ0n) is 27.0. The molecule has 310 valence electrons. The summed E-state index contributed by atoms with van der Waals surface area (Å²) < 4.78 is 244. The van der Waals surface area contributed by atoms with Crippen LogP contribution in [-0.2, 0) is 0 Å². The number of thioether (sulfide) groups is 2. The van der Waals surface area contributed by atoms with E-state index in [9.17, 15) is 88.6 Å². The van der Waals surface area contributed by atoms with Gasteiger partial charge in [0.15, 0.2) is 0 Å². The largest absolute Gasteiger partial charge is 0.460 e. The highest BCUT2D eigenvalue weighted by Gasteiger charge is 2.82. The van der Waals surface area contributed by atoms with Crippen molar-refractivity contribution in [3.05, 3.63) is 83.9 Å². The fourth-order valence-corrected chi connectivity index (χ4v) is 5.85. The monoisotopic (exact) mass is 874 g/mol. The van der Waals surface area contributed by atoms with Crippen LogP contribution in [-0.4, -0.2) is 71.3 Å². The molecule has 56 heavy (non-hydrogen) atoms.